The van der Waals surface area contributed by atoms with Crippen LogP contribution in [0.25, 0.3) is 0 Å². The molecular weight excluding hydrogens is 651 g/mol. The third kappa shape index (κ3) is 6.60. The smallest absolute Gasteiger partial charge is 0.252 e. The van der Waals surface area contributed by atoms with Crippen LogP contribution in [0.3, 0.4) is 0 Å². The molecule has 0 fully saturated rings. The molecule has 0 radical (unpaired) electrons. The van der Waals surface area contributed by atoms with Crippen molar-refractivity contribution in [2.45, 2.75) is 138 Å². The Kier molecular flexibility index (Phi) is 5.91. The first-order valence-electron chi connectivity index (χ1n) is 25.2. The lowest BCUT2D eigenvalue weighted by Gasteiger charge is -2.45. The van der Waals surface area contributed by atoms with Crippen molar-refractivity contribution >= 4 is 57.2 Å². The zero-order valence-electron chi connectivity index (χ0n) is 47.2. The van der Waals surface area contributed by atoms with E-state index in [0.29, 0.717) is 50.2 Å². The van der Waals surface area contributed by atoms with E-state index in [0.717, 1.165) is 0 Å². The quantitative estimate of drug-likeness (QED) is 0.164. The fraction of sp³-hybridized carbons (Fsp3) is 0.412. The van der Waals surface area contributed by atoms with Crippen molar-refractivity contribution in [2.24, 2.45) is 0 Å². The highest BCUT2D eigenvalue weighted by Gasteiger charge is 2.44. The Morgan fingerprint density at radius 1 is 0.407 bits per heavy atom. The average molecular weight is 727 g/mol. The molecule has 2 aliphatic rings. The minimum Gasteiger partial charge on any atom is -0.311 e. The zero-order valence-corrected chi connectivity index (χ0v) is 35.2. The highest BCUT2D eigenvalue weighted by atomic mass is 15.2. The Morgan fingerprint density at radius 3 is 1.37 bits per heavy atom. The van der Waals surface area contributed by atoms with Gasteiger partial charge in [0.05, 0.1) is 16.4 Å². The highest BCUT2D eigenvalue weighted by Crippen LogP contribution is 2.47. The monoisotopic (exact) mass is 727 g/mol. The van der Waals surface area contributed by atoms with Crippen LogP contribution in [0, 0.1) is 6.92 Å². The molecule has 0 atom stereocenters. The lowest BCUT2D eigenvalue weighted by Crippen LogP contribution is -2.61. The molecule has 2 nitrogen and oxygen atoms in total. The van der Waals surface area contributed by atoms with Gasteiger partial charge in [-0.1, -0.05) is 146 Å². The maximum atomic E-state index is 10.2. The Bertz CT molecular complexity index is 2870. The summed E-state index contributed by atoms with van der Waals surface area (Å²) in [6.07, 6.45) is 0. The third-order valence-corrected chi connectivity index (χ3v) is 10.4. The van der Waals surface area contributed by atoms with E-state index in [2.05, 4.69) is 0 Å². The number of benzene rings is 5. The molecule has 2 aliphatic heterocycles. The van der Waals surface area contributed by atoms with Gasteiger partial charge in [-0.3, -0.25) is 0 Å². The Balaban J connectivity index is 1.83. The van der Waals surface area contributed by atoms with Gasteiger partial charge in [-0.25, -0.2) is 0 Å². The van der Waals surface area contributed by atoms with Crippen LogP contribution in [0.2, 0.25) is 0 Å². The van der Waals surface area contributed by atoms with Gasteiger partial charge in [-0.2, -0.15) is 0 Å². The van der Waals surface area contributed by atoms with Gasteiger partial charge in [0.1, 0.15) is 0 Å². The van der Waals surface area contributed by atoms with E-state index in [4.69, 9.17) is 0 Å². The van der Waals surface area contributed by atoms with Gasteiger partial charge in [-0.15, -0.1) is 0 Å². The molecule has 2 heterocycles. The van der Waals surface area contributed by atoms with Gasteiger partial charge < -0.3 is 9.80 Å². The summed E-state index contributed by atoms with van der Waals surface area (Å²) >= 11 is 0. The number of hydrogen-bond acceptors (Lipinski definition) is 2. The summed E-state index contributed by atoms with van der Waals surface area (Å²) in [5, 5.41) is 0. The number of nitrogens with zero attached hydrogens (tertiary/aromatic N) is 2. The van der Waals surface area contributed by atoms with Gasteiger partial charge in [0.2, 0.25) is 0 Å². The molecule has 0 N–H and O–H groups in total. The normalized spacial score (nSPS) is 17.7. The molecule has 3 heteroatoms. The van der Waals surface area contributed by atoms with Crippen molar-refractivity contribution in [1.29, 1.82) is 0 Å². The number of anilines is 6. The second-order valence-corrected chi connectivity index (χ2v) is 20.4. The second-order valence-electron chi connectivity index (χ2n) is 20.4. The maximum absolute atomic E-state index is 10.2. The van der Waals surface area contributed by atoms with Crippen LogP contribution in [0.4, 0.5) is 34.1 Å². The molecule has 0 spiro atoms. The van der Waals surface area contributed by atoms with E-state index in [1.807, 2.05) is 134 Å². The van der Waals surface area contributed by atoms with Crippen molar-refractivity contribution in [3.63, 3.8) is 0 Å². The molecule has 0 unspecified atom stereocenters. The number of hydrogen-bond donors (Lipinski definition) is 0. The standard InChI is InChI=1S/C51H63BN2/c1-32-25-44-46-45(26-32)54(39-28-36(50(11,12)13)27-37(29-39)51(14,15)16)43-31-35(49(8,9)10)19-23-40(43)52(46)41-30-34(48(5,6)7)20-24-42(41)53(44)38-21-17-33(18-22-38)47(2,3)4/h17-31H,1-16H3/i17D,18D,19D,20D,21D,22D,23D,24D,27D,28D,29D,30D. The van der Waals surface area contributed by atoms with Crippen LogP contribution >= 0.6 is 0 Å². The fourth-order valence-corrected chi connectivity index (χ4v) is 7.12. The average Bonchev–Trinajstić information content (AvgIpc) is 3.12. The highest BCUT2D eigenvalue weighted by molar-refractivity contribution is 7.00. The first-order chi connectivity index (χ1) is 29.9. The van der Waals surface area contributed by atoms with Gasteiger partial charge in [0.15, 0.2) is 0 Å². The van der Waals surface area contributed by atoms with E-state index in [1.54, 1.807) is 0 Å². The summed E-state index contributed by atoms with van der Waals surface area (Å²) < 4.78 is 117. The maximum Gasteiger partial charge on any atom is 0.252 e. The minimum absolute atomic E-state index is 0.0209. The van der Waals surface area contributed by atoms with Gasteiger partial charge in [0.25, 0.3) is 6.71 Å². The lowest BCUT2D eigenvalue weighted by atomic mass is 9.33. The Hall–Kier alpha value is -4.24. The van der Waals surface area contributed by atoms with Crippen LogP contribution in [-0.4, -0.2) is 6.71 Å². The third-order valence-electron chi connectivity index (χ3n) is 10.4. The molecule has 54 heavy (non-hydrogen) atoms. The molecule has 5 aromatic rings. The number of fused-ring (bicyclic) bond motifs is 4. The zero-order chi connectivity index (χ0) is 49.9. The summed E-state index contributed by atoms with van der Waals surface area (Å²) in [5.74, 6) is 0. The molecule has 0 bridgehead atoms. The van der Waals surface area contributed by atoms with E-state index >= 15 is 0 Å². The van der Waals surface area contributed by atoms with Crippen LogP contribution in [0.1, 0.15) is 154 Å². The van der Waals surface area contributed by atoms with Crippen molar-refractivity contribution in [3.05, 3.63) is 124 Å². The lowest BCUT2D eigenvalue weighted by molar-refractivity contribution is 0.568. The van der Waals surface area contributed by atoms with Crippen LogP contribution in [-0.2, 0) is 27.1 Å². The molecule has 280 valence electrons. The van der Waals surface area contributed by atoms with Crippen molar-refractivity contribution < 1.29 is 16.4 Å². The van der Waals surface area contributed by atoms with Crippen molar-refractivity contribution in [1.82, 2.24) is 0 Å². The molecule has 7 rings (SSSR count). The summed E-state index contributed by atoms with van der Waals surface area (Å²) in [7, 11) is 0. The fourth-order valence-electron chi connectivity index (χ4n) is 7.12. The summed E-state index contributed by atoms with van der Waals surface area (Å²) in [6.45, 7) is 29.4. The first-order valence-corrected chi connectivity index (χ1v) is 19.2. The Labute approximate surface area is 345 Å². The Morgan fingerprint density at radius 2 is 0.870 bits per heavy atom. The molecule has 0 aromatic heterocycles. The number of aryl methyl sites for hydroxylation is 1. The molecule has 0 aliphatic carbocycles. The van der Waals surface area contributed by atoms with E-state index < -0.39 is 33.8 Å². The minimum atomic E-state index is -1.04. The number of rotatable bonds is 2. The SMILES string of the molecule is [2H]c1c(C(C)(C)C)cc2c(c1[2H])B1c3c(cc(C)cc3N(c3c([2H])c([2H])c(C(C)(C)C)c([2H])c3[2H])c3c([2H])c([2H])c(C(C)(C)C)c([2H])c31)N2c1c([2H])c(C(C)(C)C)c([2H])c(C(C)(C)C)c1[2H]. The van der Waals surface area contributed by atoms with E-state index in [1.165, 1.54) is 4.90 Å². The molecular formula is C51H63BN2. The molecule has 0 saturated carbocycles. The van der Waals surface area contributed by atoms with Gasteiger partial charge in [0, 0.05) is 34.1 Å². The topological polar surface area (TPSA) is 6.48 Å². The van der Waals surface area contributed by atoms with Crippen molar-refractivity contribution in [2.75, 3.05) is 9.80 Å². The molecule has 5 aromatic carbocycles. The van der Waals surface area contributed by atoms with Crippen LogP contribution < -0.4 is 26.2 Å². The summed E-state index contributed by atoms with van der Waals surface area (Å²) in [4.78, 5) is 3.32. The van der Waals surface area contributed by atoms with E-state index in [-0.39, 0.29) is 106 Å². The first kappa shape index (κ1) is 25.8. The second kappa shape index (κ2) is 12.4. The predicted octanol–water partition coefficient (Wildman–Crippen LogP) is 12.6. The van der Waals surface area contributed by atoms with Gasteiger partial charge in [-0.05, 0) is 132 Å². The van der Waals surface area contributed by atoms with E-state index in [9.17, 15) is 16.4 Å². The van der Waals surface area contributed by atoms with Crippen LogP contribution in [0.5, 0.6) is 0 Å². The predicted molar refractivity (Wildman–Crippen MR) is 239 cm³/mol. The molecule has 0 saturated heterocycles. The van der Waals surface area contributed by atoms with Crippen LogP contribution in [0.15, 0.2) is 90.7 Å². The largest absolute Gasteiger partial charge is 0.311 e. The summed E-state index contributed by atoms with van der Waals surface area (Å²) in [6, 6.07) is 3.57. The summed E-state index contributed by atoms with van der Waals surface area (Å²) in [5.41, 5.74) is 1.06. The molecule has 0 amide bonds. The van der Waals surface area contributed by atoms with Crippen molar-refractivity contribution in [3.8, 4) is 0 Å². The van der Waals surface area contributed by atoms with Gasteiger partial charge >= 0.3 is 0 Å².